The van der Waals surface area contributed by atoms with E-state index in [4.69, 9.17) is 0 Å². The topological polar surface area (TPSA) is 54.0 Å². The third kappa shape index (κ3) is 5.02. The molecule has 4 nitrogen and oxygen atoms in total. The fourth-order valence-corrected chi connectivity index (χ4v) is 2.26. The number of carbonyl (C=O) groups is 1. The van der Waals surface area contributed by atoms with Gasteiger partial charge in [0, 0.05) is 25.0 Å². The van der Waals surface area contributed by atoms with E-state index in [0.717, 1.165) is 18.1 Å². The first kappa shape index (κ1) is 16.9. The van der Waals surface area contributed by atoms with E-state index in [9.17, 15) is 13.6 Å². The quantitative estimate of drug-likeness (QED) is 0.858. The molecule has 122 valence electrons. The average Bonchev–Trinajstić information content (AvgIpc) is 2.55. The van der Waals surface area contributed by atoms with E-state index in [0.29, 0.717) is 12.0 Å². The van der Waals surface area contributed by atoms with Gasteiger partial charge in [-0.25, -0.2) is 13.6 Å². The molecule has 0 aliphatic heterocycles. The zero-order valence-corrected chi connectivity index (χ0v) is 12.9. The Bertz CT molecular complexity index is 650. The SMILES string of the molecule is CCC(NC(=O)NCCc1ccc(F)cc1F)c1ccncc1. The monoisotopic (exact) mass is 319 g/mol. The van der Waals surface area contributed by atoms with Crippen molar-refractivity contribution >= 4 is 6.03 Å². The van der Waals surface area contributed by atoms with Crippen molar-refractivity contribution in [3.63, 3.8) is 0 Å². The molecule has 2 rings (SSSR count). The maximum Gasteiger partial charge on any atom is 0.315 e. The van der Waals surface area contributed by atoms with Gasteiger partial charge in [-0.2, -0.15) is 0 Å². The van der Waals surface area contributed by atoms with Crippen LogP contribution in [0, 0.1) is 11.6 Å². The van der Waals surface area contributed by atoms with E-state index in [1.54, 1.807) is 12.4 Å². The van der Waals surface area contributed by atoms with Crippen molar-refractivity contribution < 1.29 is 13.6 Å². The number of benzene rings is 1. The summed E-state index contributed by atoms with van der Waals surface area (Å²) in [6, 6.07) is 6.69. The van der Waals surface area contributed by atoms with Crippen molar-refractivity contribution in [1.29, 1.82) is 0 Å². The zero-order chi connectivity index (χ0) is 16.7. The predicted molar refractivity (Wildman–Crippen MR) is 83.9 cm³/mol. The fraction of sp³-hybridized carbons (Fsp3) is 0.294. The van der Waals surface area contributed by atoms with Gasteiger partial charge in [0.05, 0.1) is 6.04 Å². The number of nitrogens with one attached hydrogen (secondary N) is 2. The van der Waals surface area contributed by atoms with E-state index in [-0.39, 0.29) is 18.6 Å². The highest BCUT2D eigenvalue weighted by atomic mass is 19.1. The molecule has 1 unspecified atom stereocenters. The van der Waals surface area contributed by atoms with Crippen LogP contribution in [0.25, 0.3) is 0 Å². The molecule has 2 aromatic rings. The van der Waals surface area contributed by atoms with Crippen molar-refractivity contribution in [2.24, 2.45) is 0 Å². The molecule has 1 heterocycles. The van der Waals surface area contributed by atoms with Gasteiger partial charge in [-0.15, -0.1) is 0 Å². The van der Waals surface area contributed by atoms with Gasteiger partial charge in [0.25, 0.3) is 0 Å². The molecule has 1 aromatic heterocycles. The molecule has 0 aliphatic rings. The number of halogens is 2. The van der Waals surface area contributed by atoms with Crippen LogP contribution in [-0.2, 0) is 6.42 Å². The lowest BCUT2D eigenvalue weighted by Gasteiger charge is -2.17. The highest BCUT2D eigenvalue weighted by Crippen LogP contribution is 2.15. The number of pyridine rings is 1. The molecular weight excluding hydrogens is 300 g/mol. The molecular formula is C17H19F2N3O. The molecule has 0 radical (unpaired) electrons. The van der Waals surface area contributed by atoms with Crippen LogP contribution < -0.4 is 10.6 Å². The van der Waals surface area contributed by atoms with E-state index >= 15 is 0 Å². The van der Waals surface area contributed by atoms with Crippen molar-refractivity contribution in [1.82, 2.24) is 15.6 Å². The van der Waals surface area contributed by atoms with Gasteiger partial charge < -0.3 is 10.6 Å². The number of rotatable bonds is 6. The fourth-order valence-electron chi connectivity index (χ4n) is 2.26. The van der Waals surface area contributed by atoms with Crippen molar-refractivity contribution in [3.8, 4) is 0 Å². The molecule has 23 heavy (non-hydrogen) atoms. The Hall–Kier alpha value is -2.50. The summed E-state index contributed by atoms with van der Waals surface area (Å²) in [5.41, 5.74) is 1.34. The molecule has 0 fully saturated rings. The number of amides is 2. The second-order valence-electron chi connectivity index (χ2n) is 5.13. The van der Waals surface area contributed by atoms with Gasteiger partial charge in [0.15, 0.2) is 0 Å². The van der Waals surface area contributed by atoms with E-state index in [2.05, 4.69) is 15.6 Å². The van der Waals surface area contributed by atoms with Gasteiger partial charge in [0.2, 0.25) is 0 Å². The molecule has 0 saturated heterocycles. The van der Waals surface area contributed by atoms with E-state index in [1.165, 1.54) is 12.1 Å². The Morgan fingerprint density at radius 2 is 1.96 bits per heavy atom. The smallest absolute Gasteiger partial charge is 0.315 e. The largest absolute Gasteiger partial charge is 0.338 e. The molecule has 2 N–H and O–H groups in total. The van der Waals surface area contributed by atoms with Crippen LogP contribution in [0.1, 0.15) is 30.5 Å². The van der Waals surface area contributed by atoms with Crippen molar-refractivity contribution in [2.45, 2.75) is 25.8 Å². The van der Waals surface area contributed by atoms with Crippen LogP contribution >= 0.6 is 0 Å². The molecule has 0 spiro atoms. The maximum atomic E-state index is 13.5. The van der Waals surface area contributed by atoms with Crippen molar-refractivity contribution in [3.05, 3.63) is 65.5 Å². The Morgan fingerprint density at radius 1 is 1.22 bits per heavy atom. The third-order valence-corrected chi connectivity index (χ3v) is 3.52. The summed E-state index contributed by atoms with van der Waals surface area (Å²) in [6.45, 7) is 2.24. The Morgan fingerprint density at radius 3 is 2.61 bits per heavy atom. The molecule has 1 atom stereocenters. The van der Waals surface area contributed by atoms with Gasteiger partial charge in [0.1, 0.15) is 11.6 Å². The molecule has 0 saturated carbocycles. The summed E-state index contributed by atoms with van der Waals surface area (Å²) in [4.78, 5) is 15.9. The number of aromatic nitrogens is 1. The van der Waals surface area contributed by atoms with Crippen LogP contribution in [0.4, 0.5) is 13.6 Å². The maximum absolute atomic E-state index is 13.5. The molecule has 1 aromatic carbocycles. The van der Waals surface area contributed by atoms with Gasteiger partial charge in [-0.1, -0.05) is 13.0 Å². The summed E-state index contributed by atoms with van der Waals surface area (Å²) >= 11 is 0. The molecule has 0 aliphatic carbocycles. The minimum atomic E-state index is -0.611. The summed E-state index contributed by atoms with van der Waals surface area (Å²) < 4.78 is 26.3. The Balaban J connectivity index is 1.82. The zero-order valence-electron chi connectivity index (χ0n) is 12.9. The first-order valence-corrected chi connectivity index (χ1v) is 7.48. The summed E-state index contributed by atoms with van der Waals surface area (Å²) in [5.74, 6) is -1.21. The number of urea groups is 1. The van der Waals surface area contributed by atoms with Crippen LogP contribution in [0.3, 0.4) is 0 Å². The van der Waals surface area contributed by atoms with E-state index in [1.807, 2.05) is 19.1 Å². The van der Waals surface area contributed by atoms with Crippen LogP contribution in [0.2, 0.25) is 0 Å². The van der Waals surface area contributed by atoms with Gasteiger partial charge in [-0.05, 0) is 42.2 Å². The number of nitrogens with zero attached hydrogens (tertiary/aromatic N) is 1. The molecule has 2 amide bonds. The van der Waals surface area contributed by atoms with Crippen molar-refractivity contribution in [2.75, 3.05) is 6.54 Å². The van der Waals surface area contributed by atoms with Crippen LogP contribution in [0.15, 0.2) is 42.7 Å². The second kappa shape index (κ2) is 8.22. The van der Waals surface area contributed by atoms with Crippen LogP contribution in [0.5, 0.6) is 0 Å². The lowest BCUT2D eigenvalue weighted by Crippen LogP contribution is -2.38. The van der Waals surface area contributed by atoms with Crippen LogP contribution in [-0.4, -0.2) is 17.6 Å². The highest BCUT2D eigenvalue weighted by Gasteiger charge is 2.12. The Kier molecular flexibility index (Phi) is 6.02. The highest BCUT2D eigenvalue weighted by molar-refractivity contribution is 5.74. The van der Waals surface area contributed by atoms with Gasteiger partial charge in [-0.3, -0.25) is 4.98 Å². The first-order chi connectivity index (χ1) is 11.1. The molecule has 6 heteroatoms. The second-order valence-corrected chi connectivity index (χ2v) is 5.13. The Labute approximate surface area is 133 Å². The summed E-state index contributed by atoms with van der Waals surface area (Å²) in [7, 11) is 0. The van der Waals surface area contributed by atoms with Gasteiger partial charge >= 0.3 is 6.03 Å². The third-order valence-electron chi connectivity index (χ3n) is 3.52. The number of hydrogen-bond acceptors (Lipinski definition) is 2. The standard InChI is InChI=1S/C17H19F2N3O/c1-2-16(13-5-8-20-9-6-13)22-17(23)21-10-7-12-3-4-14(18)11-15(12)19/h3-6,8-9,11,16H,2,7,10H2,1H3,(H2,21,22,23). The lowest BCUT2D eigenvalue weighted by atomic mass is 10.1. The normalized spacial score (nSPS) is 11.8. The van der Waals surface area contributed by atoms with E-state index < -0.39 is 11.6 Å². The number of carbonyl (C=O) groups excluding carboxylic acids is 1. The summed E-state index contributed by atoms with van der Waals surface area (Å²) in [6.07, 6.45) is 4.39. The minimum absolute atomic E-state index is 0.111. The predicted octanol–water partition coefficient (Wildman–Crippen LogP) is 3.35. The number of hydrogen-bond donors (Lipinski definition) is 2. The minimum Gasteiger partial charge on any atom is -0.338 e. The lowest BCUT2D eigenvalue weighted by molar-refractivity contribution is 0.237. The molecule has 0 bridgehead atoms. The average molecular weight is 319 g/mol. The summed E-state index contributed by atoms with van der Waals surface area (Å²) in [5, 5.41) is 5.54. The first-order valence-electron chi connectivity index (χ1n) is 7.48.